The van der Waals surface area contributed by atoms with E-state index < -0.39 is 5.97 Å². The van der Waals surface area contributed by atoms with Gasteiger partial charge in [0, 0.05) is 19.5 Å². The molecule has 2 aliphatic rings. The van der Waals surface area contributed by atoms with Gasteiger partial charge in [0.2, 0.25) is 5.91 Å². The zero-order valence-corrected chi connectivity index (χ0v) is 15.1. The summed E-state index contributed by atoms with van der Waals surface area (Å²) in [5, 5.41) is 9.12. The molecular formula is C20H27NO4. The van der Waals surface area contributed by atoms with Crippen molar-refractivity contribution in [2.24, 2.45) is 11.3 Å². The van der Waals surface area contributed by atoms with Gasteiger partial charge >= 0.3 is 5.97 Å². The Hall–Kier alpha value is -2.04. The van der Waals surface area contributed by atoms with Gasteiger partial charge < -0.3 is 14.7 Å². The zero-order valence-electron chi connectivity index (χ0n) is 15.1. The number of aryl methyl sites for hydroxylation is 2. The van der Waals surface area contributed by atoms with Crippen molar-refractivity contribution in [2.45, 2.75) is 46.0 Å². The van der Waals surface area contributed by atoms with Crippen molar-refractivity contribution in [1.29, 1.82) is 0 Å². The molecule has 25 heavy (non-hydrogen) atoms. The number of likely N-dealkylation sites (tertiary alicyclic amines) is 1. The van der Waals surface area contributed by atoms with Gasteiger partial charge in [-0.2, -0.15) is 0 Å². The number of nitrogens with zero attached hydrogens (tertiary/aromatic N) is 1. The van der Waals surface area contributed by atoms with Crippen molar-refractivity contribution in [1.82, 2.24) is 4.90 Å². The molecular weight excluding hydrogens is 318 g/mol. The predicted octanol–water partition coefficient (Wildman–Crippen LogP) is 3.18. The van der Waals surface area contributed by atoms with Crippen molar-refractivity contribution < 1.29 is 19.4 Å². The number of hydrogen-bond donors (Lipinski definition) is 1. The summed E-state index contributed by atoms with van der Waals surface area (Å²) in [4.78, 5) is 25.3. The first-order chi connectivity index (χ1) is 11.9. The van der Waals surface area contributed by atoms with E-state index in [1.54, 1.807) is 0 Å². The molecule has 5 nitrogen and oxygen atoms in total. The van der Waals surface area contributed by atoms with E-state index in [0.717, 1.165) is 25.0 Å². The van der Waals surface area contributed by atoms with Crippen LogP contribution in [0.3, 0.4) is 0 Å². The number of amides is 1. The van der Waals surface area contributed by atoms with Crippen LogP contribution in [0, 0.1) is 25.2 Å². The molecule has 0 bridgehead atoms. The normalized spacial score (nSPS) is 21.2. The van der Waals surface area contributed by atoms with E-state index in [0.29, 0.717) is 32.5 Å². The van der Waals surface area contributed by atoms with Crippen LogP contribution >= 0.6 is 0 Å². The van der Waals surface area contributed by atoms with Crippen molar-refractivity contribution >= 4 is 11.9 Å². The number of piperidine rings is 1. The van der Waals surface area contributed by atoms with E-state index in [1.165, 1.54) is 11.1 Å². The molecule has 1 unspecified atom stereocenters. The number of carbonyl (C=O) groups is 2. The monoisotopic (exact) mass is 345 g/mol. The molecule has 1 aromatic rings. The number of hydrogen-bond acceptors (Lipinski definition) is 3. The summed E-state index contributed by atoms with van der Waals surface area (Å²) in [5.41, 5.74) is 2.43. The Morgan fingerprint density at radius 2 is 1.96 bits per heavy atom. The Balaban J connectivity index is 1.36. The summed E-state index contributed by atoms with van der Waals surface area (Å²) in [7, 11) is 0. The van der Waals surface area contributed by atoms with Gasteiger partial charge in [0.05, 0.1) is 12.5 Å². The molecule has 1 saturated heterocycles. The molecule has 1 N–H and O–H groups in total. The van der Waals surface area contributed by atoms with Crippen LogP contribution in [0.1, 0.15) is 43.2 Å². The van der Waals surface area contributed by atoms with E-state index in [9.17, 15) is 9.59 Å². The lowest BCUT2D eigenvalue weighted by atomic mass is 9.90. The number of rotatable bonds is 6. The molecule has 1 heterocycles. The van der Waals surface area contributed by atoms with E-state index >= 15 is 0 Å². The third kappa shape index (κ3) is 3.97. The van der Waals surface area contributed by atoms with E-state index in [2.05, 4.69) is 13.8 Å². The highest BCUT2D eigenvalue weighted by Gasteiger charge is 2.59. The molecule has 1 aliphatic carbocycles. The van der Waals surface area contributed by atoms with Crippen LogP contribution in [0.2, 0.25) is 0 Å². The molecule has 1 spiro atoms. The lowest BCUT2D eigenvalue weighted by molar-refractivity contribution is -0.139. The average molecular weight is 345 g/mol. The quantitative estimate of drug-likeness (QED) is 0.804. The summed E-state index contributed by atoms with van der Waals surface area (Å²) in [6.45, 7) is 6.05. The maximum Gasteiger partial charge on any atom is 0.307 e. The summed E-state index contributed by atoms with van der Waals surface area (Å²) in [6.07, 6.45) is 3.63. The smallest absolute Gasteiger partial charge is 0.307 e. The third-order valence-electron chi connectivity index (χ3n) is 5.88. The first-order valence-corrected chi connectivity index (χ1v) is 9.12. The van der Waals surface area contributed by atoms with E-state index in [1.807, 2.05) is 23.1 Å². The van der Waals surface area contributed by atoms with E-state index in [4.69, 9.17) is 9.84 Å². The van der Waals surface area contributed by atoms with Gasteiger partial charge in [-0.25, -0.2) is 0 Å². The molecule has 1 amide bonds. The molecule has 1 atom stereocenters. The highest BCUT2D eigenvalue weighted by molar-refractivity contribution is 5.77. The Labute approximate surface area is 149 Å². The fourth-order valence-corrected chi connectivity index (χ4v) is 3.83. The highest BCUT2D eigenvalue weighted by Crippen LogP contribution is 2.59. The molecule has 1 aliphatic heterocycles. The minimum absolute atomic E-state index is 0.0188. The maximum absolute atomic E-state index is 12.3. The lowest BCUT2D eigenvalue weighted by Gasteiger charge is -2.32. The standard InChI is InChI=1S/C20H27NO4/c1-14-5-6-16(12-15(14)2)25-11-3-4-18(22)21-9-7-20(8-10-21)13-17(20)19(23)24/h5-6,12,17H,3-4,7-11,13H2,1-2H3,(H,23,24). The summed E-state index contributed by atoms with van der Waals surface area (Å²) < 4.78 is 5.73. The highest BCUT2D eigenvalue weighted by atomic mass is 16.5. The minimum Gasteiger partial charge on any atom is -0.494 e. The zero-order chi connectivity index (χ0) is 18.0. The van der Waals surface area contributed by atoms with Gasteiger partial charge in [0.1, 0.15) is 5.75 Å². The van der Waals surface area contributed by atoms with Crippen molar-refractivity contribution in [2.75, 3.05) is 19.7 Å². The second kappa shape index (κ2) is 7.06. The molecule has 1 aromatic carbocycles. The van der Waals surface area contributed by atoms with Gasteiger partial charge in [-0.3, -0.25) is 9.59 Å². The second-order valence-corrected chi connectivity index (χ2v) is 7.54. The fraction of sp³-hybridized carbons (Fsp3) is 0.600. The second-order valence-electron chi connectivity index (χ2n) is 7.54. The molecule has 136 valence electrons. The lowest BCUT2D eigenvalue weighted by Crippen LogP contribution is -2.40. The number of carboxylic acid groups (broad SMARTS) is 1. The Morgan fingerprint density at radius 1 is 1.24 bits per heavy atom. The number of benzene rings is 1. The summed E-state index contributed by atoms with van der Waals surface area (Å²) >= 11 is 0. The summed E-state index contributed by atoms with van der Waals surface area (Å²) in [6, 6.07) is 6.03. The summed E-state index contributed by atoms with van der Waals surface area (Å²) in [5.74, 6) is 0.148. The van der Waals surface area contributed by atoms with Gasteiger partial charge in [-0.15, -0.1) is 0 Å². The molecule has 2 fully saturated rings. The molecule has 0 aromatic heterocycles. The van der Waals surface area contributed by atoms with Gasteiger partial charge in [-0.1, -0.05) is 6.07 Å². The van der Waals surface area contributed by atoms with Crippen LogP contribution < -0.4 is 4.74 Å². The van der Waals surface area contributed by atoms with Crippen molar-refractivity contribution in [3.63, 3.8) is 0 Å². The van der Waals surface area contributed by atoms with Crippen LogP contribution in [0.5, 0.6) is 5.75 Å². The van der Waals surface area contributed by atoms with Crippen LogP contribution in [-0.4, -0.2) is 41.6 Å². The topological polar surface area (TPSA) is 66.8 Å². The van der Waals surface area contributed by atoms with E-state index in [-0.39, 0.29) is 17.2 Å². The Bertz CT molecular complexity index is 662. The number of ether oxygens (including phenoxy) is 1. The minimum atomic E-state index is -0.678. The number of carboxylic acids is 1. The Morgan fingerprint density at radius 3 is 2.56 bits per heavy atom. The average Bonchev–Trinajstić information content (AvgIpc) is 3.29. The molecule has 5 heteroatoms. The maximum atomic E-state index is 12.3. The number of carbonyl (C=O) groups excluding carboxylic acids is 1. The number of aliphatic carboxylic acids is 1. The first-order valence-electron chi connectivity index (χ1n) is 9.12. The van der Waals surface area contributed by atoms with Crippen molar-refractivity contribution in [3.05, 3.63) is 29.3 Å². The van der Waals surface area contributed by atoms with Gasteiger partial charge in [0.25, 0.3) is 0 Å². The largest absolute Gasteiger partial charge is 0.494 e. The van der Waals surface area contributed by atoms with Gasteiger partial charge in [0.15, 0.2) is 0 Å². The fourth-order valence-electron chi connectivity index (χ4n) is 3.83. The molecule has 3 rings (SSSR count). The van der Waals surface area contributed by atoms with Crippen LogP contribution in [-0.2, 0) is 9.59 Å². The predicted molar refractivity (Wildman–Crippen MR) is 94.6 cm³/mol. The SMILES string of the molecule is Cc1ccc(OCCCC(=O)N2CCC3(CC2)CC3C(=O)O)cc1C. The molecule has 1 saturated carbocycles. The van der Waals surface area contributed by atoms with Crippen LogP contribution in [0.4, 0.5) is 0 Å². The Kier molecular flexibility index (Phi) is 5.02. The molecule has 0 radical (unpaired) electrons. The van der Waals surface area contributed by atoms with Crippen molar-refractivity contribution in [3.8, 4) is 5.75 Å². The first kappa shape index (κ1) is 17.8. The van der Waals surface area contributed by atoms with Crippen LogP contribution in [0.15, 0.2) is 18.2 Å². The van der Waals surface area contributed by atoms with Gasteiger partial charge in [-0.05, 0) is 68.2 Å². The van der Waals surface area contributed by atoms with Crippen LogP contribution in [0.25, 0.3) is 0 Å². The third-order valence-corrected chi connectivity index (χ3v) is 5.88.